The van der Waals surface area contributed by atoms with Gasteiger partial charge in [0.15, 0.2) is 5.82 Å². The molecule has 392 valence electrons. The molecule has 2 N–H and O–H groups in total. The molecule has 1 saturated carbocycles. The van der Waals surface area contributed by atoms with E-state index in [1.54, 1.807) is 30.7 Å². The number of benzene rings is 2. The van der Waals surface area contributed by atoms with Crippen molar-refractivity contribution in [3.8, 4) is 11.3 Å². The van der Waals surface area contributed by atoms with Gasteiger partial charge >= 0.3 is 6.03 Å². The number of nitrogens with zero attached hydrogens (tertiary/aromatic N) is 9. The Morgan fingerprint density at radius 1 is 0.787 bits per heavy atom. The summed E-state index contributed by atoms with van der Waals surface area (Å²) in [5, 5.41) is 5.71. The maximum absolute atomic E-state index is 15.3. The average Bonchev–Trinajstić information content (AvgIpc) is 3.96. The molecule has 6 fully saturated rings. The Labute approximate surface area is 437 Å². The zero-order valence-corrected chi connectivity index (χ0v) is 43.2. The summed E-state index contributed by atoms with van der Waals surface area (Å²) in [7, 11) is 0. The lowest BCUT2D eigenvalue weighted by molar-refractivity contribution is -0.140. The number of piperidine rings is 5. The molecule has 5 aromatic rings. The molecule has 3 aromatic heterocycles. The van der Waals surface area contributed by atoms with Crippen molar-refractivity contribution in [2.75, 3.05) is 62.6 Å². The first-order valence-electron chi connectivity index (χ1n) is 27.7. The van der Waals surface area contributed by atoms with E-state index in [1.807, 2.05) is 37.5 Å². The highest BCUT2D eigenvalue weighted by Crippen LogP contribution is 2.52. The topological polar surface area (TPSA) is 169 Å². The van der Waals surface area contributed by atoms with Crippen molar-refractivity contribution in [3.05, 3.63) is 95.8 Å². The lowest BCUT2D eigenvalue weighted by Crippen LogP contribution is -2.58. The molecule has 7 aliphatic rings. The van der Waals surface area contributed by atoms with Gasteiger partial charge < -0.3 is 34.4 Å². The Balaban J connectivity index is 0.712. The quantitative estimate of drug-likeness (QED) is 0.137. The summed E-state index contributed by atoms with van der Waals surface area (Å²) in [6.45, 7) is 9.69. The molecular weight excluding hydrogens is 950 g/mol. The number of nitrogens with one attached hydrogen (secondary N) is 2. The highest BCUT2D eigenvalue weighted by Gasteiger charge is 2.56. The van der Waals surface area contributed by atoms with E-state index in [4.69, 9.17) is 15.0 Å². The minimum Gasteiger partial charge on any atom is -0.342 e. The first-order chi connectivity index (χ1) is 36.4. The summed E-state index contributed by atoms with van der Waals surface area (Å²) in [6, 6.07) is 19.5. The standard InChI is InChI=1S/C58H68FN11O5/c1-36(2)69-35-61-49-33-48(63-53(52(49)69)62-47-9-5-4-8-45(47)59)39-10-13-44-50(30-39)70(42-31-41(32-42)65-22-6-3-7-23-65)56(74)58(44)20-28-66(29-21-58)55(73)38-18-26-68(27-19-38)57(75)67-24-16-37(17-25-67)46-14-11-40(34-60-46)43-12-15-51(71)64-54(43)72/h4-5,8-11,13-14,30,33-38,41-43H,3,6-7,12,15-29,31-32H2,1-2H3,(H,62,63)(H,64,71,72). The second-order valence-electron chi connectivity index (χ2n) is 22.6. The molecular formula is C58H68FN11O5. The van der Waals surface area contributed by atoms with Crippen molar-refractivity contribution in [1.29, 1.82) is 0 Å². The summed E-state index contributed by atoms with van der Waals surface area (Å²) in [5.74, 6) is -0.440. The summed E-state index contributed by atoms with van der Waals surface area (Å²) in [4.78, 5) is 92.6. The third kappa shape index (κ3) is 9.11. The van der Waals surface area contributed by atoms with Crippen LogP contribution in [0.25, 0.3) is 22.3 Å². The number of halogens is 1. The van der Waals surface area contributed by atoms with Gasteiger partial charge in [0.05, 0.1) is 34.6 Å². The van der Waals surface area contributed by atoms with E-state index in [0.717, 1.165) is 77.9 Å². The Morgan fingerprint density at radius 3 is 2.21 bits per heavy atom. The van der Waals surface area contributed by atoms with Crippen LogP contribution in [-0.2, 0) is 24.6 Å². The van der Waals surface area contributed by atoms with Gasteiger partial charge in [-0.15, -0.1) is 0 Å². The number of fused-ring (bicyclic) bond motifs is 3. The molecule has 16 nitrogen and oxygen atoms in total. The van der Waals surface area contributed by atoms with Crippen LogP contribution in [-0.4, -0.2) is 133 Å². The number of carbonyl (C=O) groups is 5. The maximum Gasteiger partial charge on any atom is 0.319 e. The van der Waals surface area contributed by atoms with Crippen LogP contribution in [0.4, 0.5) is 26.4 Å². The van der Waals surface area contributed by atoms with Crippen molar-refractivity contribution in [3.63, 3.8) is 0 Å². The van der Waals surface area contributed by atoms with Gasteiger partial charge in [-0.2, -0.15) is 0 Å². The van der Waals surface area contributed by atoms with Gasteiger partial charge in [0, 0.05) is 98.8 Å². The van der Waals surface area contributed by atoms with E-state index >= 15 is 9.18 Å². The molecule has 1 spiro atoms. The largest absolute Gasteiger partial charge is 0.342 e. The number of hydrogen-bond acceptors (Lipinski definition) is 10. The predicted octanol–water partition coefficient (Wildman–Crippen LogP) is 8.41. The summed E-state index contributed by atoms with van der Waals surface area (Å²) in [5.41, 5.74) is 6.35. The molecule has 9 heterocycles. The molecule has 1 aliphatic carbocycles. The SMILES string of the molecule is CC(C)n1cnc2cc(-c3ccc4c(c3)N(C3CC(N5CCCCC5)C3)C(=O)C43CCN(C(=O)C4CCN(C(=O)N5CCC(c6ccc(C7CCC(=O)NC7=O)cn6)CC5)CC4)CC3)nc(Nc3ccccc3F)c21. The monoisotopic (exact) mass is 1020 g/mol. The van der Waals surface area contributed by atoms with Crippen LogP contribution in [0.3, 0.4) is 0 Å². The minimum absolute atomic E-state index is 0.0261. The van der Waals surface area contributed by atoms with Gasteiger partial charge in [0.25, 0.3) is 0 Å². The molecule has 17 heteroatoms. The van der Waals surface area contributed by atoms with Crippen LogP contribution in [0.1, 0.15) is 132 Å². The van der Waals surface area contributed by atoms with Crippen molar-refractivity contribution >= 4 is 57.9 Å². The lowest BCUT2D eigenvalue weighted by Gasteiger charge is -2.48. The molecule has 5 saturated heterocycles. The zero-order chi connectivity index (χ0) is 51.5. The number of likely N-dealkylation sites (tertiary alicyclic amines) is 4. The number of aromatic nitrogens is 4. The smallest absolute Gasteiger partial charge is 0.319 e. The number of pyridine rings is 2. The van der Waals surface area contributed by atoms with Gasteiger partial charge in [-0.25, -0.2) is 19.2 Å². The Bertz CT molecular complexity index is 3010. The normalized spacial score (nSPS) is 23.7. The number of rotatable bonds is 9. The summed E-state index contributed by atoms with van der Waals surface area (Å²) >= 11 is 0. The van der Waals surface area contributed by atoms with Crippen LogP contribution in [0, 0.1) is 11.7 Å². The van der Waals surface area contributed by atoms with Crippen molar-refractivity contribution in [2.24, 2.45) is 5.92 Å². The second-order valence-corrected chi connectivity index (χ2v) is 22.6. The fraction of sp³-hybridized carbons (Fsp3) is 0.517. The maximum atomic E-state index is 15.3. The fourth-order valence-electron chi connectivity index (χ4n) is 13.5. The highest BCUT2D eigenvalue weighted by molar-refractivity contribution is 6.09. The molecule has 1 atom stereocenters. The van der Waals surface area contributed by atoms with Crippen molar-refractivity contribution in [1.82, 2.24) is 44.4 Å². The number of anilines is 3. The number of amides is 6. The van der Waals surface area contributed by atoms with Crippen molar-refractivity contribution < 1.29 is 28.4 Å². The molecule has 0 bridgehead atoms. The Morgan fingerprint density at radius 2 is 1.52 bits per heavy atom. The highest BCUT2D eigenvalue weighted by atomic mass is 19.1. The van der Waals surface area contributed by atoms with Gasteiger partial charge in [-0.05, 0) is 139 Å². The molecule has 6 amide bonds. The summed E-state index contributed by atoms with van der Waals surface area (Å²) in [6.07, 6.45) is 13.9. The molecule has 6 aliphatic heterocycles. The van der Waals surface area contributed by atoms with Crippen LogP contribution >= 0.6 is 0 Å². The summed E-state index contributed by atoms with van der Waals surface area (Å²) < 4.78 is 17.2. The predicted molar refractivity (Wildman–Crippen MR) is 283 cm³/mol. The lowest BCUT2D eigenvalue weighted by atomic mass is 9.73. The Kier molecular flexibility index (Phi) is 13.2. The second kappa shape index (κ2) is 20.1. The number of para-hydroxylation sites is 1. The average molecular weight is 1020 g/mol. The molecule has 1 unspecified atom stereocenters. The van der Waals surface area contributed by atoms with Gasteiger partial charge in [0.2, 0.25) is 23.6 Å². The number of urea groups is 1. The van der Waals surface area contributed by atoms with Gasteiger partial charge in [-0.3, -0.25) is 29.5 Å². The van der Waals surface area contributed by atoms with E-state index < -0.39 is 5.41 Å². The molecule has 12 rings (SSSR count). The van der Waals surface area contributed by atoms with E-state index in [-0.39, 0.29) is 65.3 Å². The minimum atomic E-state index is -0.746. The number of hydrogen-bond donors (Lipinski definition) is 2. The Hall–Kier alpha value is -6.75. The van der Waals surface area contributed by atoms with E-state index in [1.165, 1.54) is 25.3 Å². The van der Waals surface area contributed by atoms with Crippen molar-refractivity contribution in [2.45, 2.75) is 133 Å². The third-order valence-corrected chi connectivity index (χ3v) is 18.0. The van der Waals surface area contributed by atoms with Crippen LogP contribution < -0.4 is 15.5 Å². The third-order valence-electron chi connectivity index (χ3n) is 18.0. The van der Waals surface area contributed by atoms with Crippen LogP contribution in [0.2, 0.25) is 0 Å². The van der Waals surface area contributed by atoms with E-state index in [9.17, 15) is 19.2 Å². The van der Waals surface area contributed by atoms with E-state index in [0.29, 0.717) is 101 Å². The number of imidazole rings is 1. The van der Waals surface area contributed by atoms with Crippen LogP contribution in [0.5, 0.6) is 0 Å². The van der Waals surface area contributed by atoms with Crippen LogP contribution in [0.15, 0.2) is 73.2 Å². The first kappa shape index (κ1) is 49.1. The fourth-order valence-corrected chi connectivity index (χ4v) is 13.5. The first-order valence-corrected chi connectivity index (χ1v) is 27.7. The molecule has 75 heavy (non-hydrogen) atoms. The number of carbonyl (C=O) groups excluding carboxylic acids is 5. The van der Waals surface area contributed by atoms with Gasteiger partial charge in [0.1, 0.15) is 11.3 Å². The number of imide groups is 1. The zero-order valence-electron chi connectivity index (χ0n) is 43.2. The van der Waals surface area contributed by atoms with E-state index in [2.05, 4.69) is 52.5 Å². The molecule has 2 aromatic carbocycles. The van der Waals surface area contributed by atoms with Gasteiger partial charge in [-0.1, -0.05) is 36.8 Å². The molecule has 0 radical (unpaired) electrons.